The van der Waals surface area contributed by atoms with Gasteiger partial charge in [-0.1, -0.05) is 36.4 Å². The third-order valence-corrected chi connectivity index (χ3v) is 4.55. The topological polar surface area (TPSA) is 87.3 Å². The van der Waals surface area contributed by atoms with Crippen LogP contribution in [-0.2, 0) is 0 Å². The van der Waals surface area contributed by atoms with Crippen molar-refractivity contribution in [3.63, 3.8) is 0 Å². The standard InChI is InChI=1S/C21H17N3O4/c1-13(2)23-19-11-10-15(24(26)27)12-18(19)20(22-23)28-21(25)17-9-5-7-14-6-3-4-8-16(14)17/h3-13H,1-2H3. The highest BCUT2D eigenvalue weighted by Gasteiger charge is 2.21. The quantitative estimate of drug-likeness (QED) is 0.288. The van der Waals surface area contributed by atoms with E-state index in [9.17, 15) is 14.9 Å². The molecule has 140 valence electrons. The Kier molecular flexibility index (Phi) is 4.27. The Morgan fingerprint density at radius 2 is 1.82 bits per heavy atom. The first-order chi connectivity index (χ1) is 13.5. The Labute approximate surface area is 160 Å². The summed E-state index contributed by atoms with van der Waals surface area (Å²) in [5, 5.41) is 17.7. The SMILES string of the molecule is CC(C)n1nc(OC(=O)c2cccc3ccccc23)c2cc([N+](=O)[O-])ccc21. The number of fused-ring (bicyclic) bond motifs is 2. The van der Waals surface area contributed by atoms with Crippen LogP contribution < -0.4 is 4.74 Å². The summed E-state index contributed by atoms with van der Waals surface area (Å²) in [6.45, 7) is 3.87. The molecule has 3 aromatic carbocycles. The number of aromatic nitrogens is 2. The van der Waals surface area contributed by atoms with E-state index in [0.29, 0.717) is 16.5 Å². The van der Waals surface area contributed by atoms with E-state index in [1.807, 2.05) is 44.2 Å². The van der Waals surface area contributed by atoms with Crippen molar-refractivity contribution >= 4 is 33.3 Å². The van der Waals surface area contributed by atoms with E-state index in [1.54, 1.807) is 22.9 Å². The molecular formula is C21H17N3O4. The highest BCUT2D eigenvalue weighted by molar-refractivity contribution is 6.05. The summed E-state index contributed by atoms with van der Waals surface area (Å²) in [6, 6.07) is 17.3. The second-order valence-corrected chi connectivity index (χ2v) is 6.72. The first kappa shape index (κ1) is 17.7. The number of carbonyl (C=O) groups excluding carboxylic acids is 1. The Morgan fingerprint density at radius 1 is 1.07 bits per heavy atom. The van der Waals surface area contributed by atoms with Gasteiger partial charge >= 0.3 is 5.97 Å². The summed E-state index contributed by atoms with van der Waals surface area (Å²) in [7, 11) is 0. The average Bonchev–Trinajstić information content (AvgIpc) is 3.05. The van der Waals surface area contributed by atoms with E-state index in [0.717, 1.165) is 10.8 Å². The fourth-order valence-electron chi connectivity index (χ4n) is 3.23. The van der Waals surface area contributed by atoms with E-state index < -0.39 is 10.9 Å². The van der Waals surface area contributed by atoms with Crippen LogP contribution in [-0.4, -0.2) is 20.7 Å². The number of nitro benzene ring substituents is 1. The number of hydrogen-bond donors (Lipinski definition) is 0. The summed E-state index contributed by atoms with van der Waals surface area (Å²) in [6.07, 6.45) is 0. The van der Waals surface area contributed by atoms with E-state index in [4.69, 9.17) is 4.74 Å². The lowest BCUT2D eigenvalue weighted by molar-refractivity contribution is -0.384. The number of nitro groups is 1. The minimum Gasteiger partial charge on any atom is -0.402 e. The fourth-order valence-corrected chi connectivity index (χ4v) is 3.23. The van der Waals surface area contributed by atoms with Crippen LogP contribution >= 0.6 is 0 Å². The van der Waals surface area contributed by atoms with Crippen LogP contribution in [0.1, 0.15) is 30.2 Å². The summed E-state index contributed by atoms with van der Waals surface area (Å²) in [5.41, 5.74) is 0.996. The molecule has 0 aliphatic carbocycles. The van der Waals surface area contributed by atoms with Gasteiger partial charge in [-0.15, -0.1) is 5.10 Å². The highest BCUT2D eigenvalue weighted by Crippen LogP contribution is 2.31. The molecule has 28 heavy (non-hydrogen) atoms. The van der Waals surface area contributed by atoms with Gasteiger partial charge in [-0.3, -0.25) is 14.8 Å². The van der Waals surface area contributed by atoms with Crippen molar-refractivity contribution in [1.29, 1.82) is 0 Å². The molecule has 0 saturated heterocycles. The smallest absolute Gasteiger partial charge is 0.345 e. The predicted molar refractivity (Wildman–Crippen MR) is 106 cm³/mol. The molecule has 1 aromatic heterocycles. The summed E-state index contributed by atoms with van der Waals surface area (Å²) < 4.78 is 7.28. The number of hydrogen-bond acceptors (Lipinski definition) is 5. The van der Waals surface area contributed by atoms with Crippen molar-refractivity contribution in [2.24, 2.45) is 0 Å². The third kappa shape index (κ3) is 2.96. The number of esters is 1. The van der Waals surface area contributed by atoms with Crippen LogP contribution in [0.5, 0.6) is 5.88 Å². The molecule has 0 N–H and O–H groups in total. The molecule has 0 unspecified atom stereocenters. The van der Waals surface area contributed by atoms with Crippen molar-refractivity contribution in [3.8, 4) is 5.88 Å². The van der Waals surface area contributed by atoms with Crippen LogP contribution in [0.2, 0.25) is 0 Å². The molecule has 1 heterocycles. The minimum absolute atomic E-state index is 0.00559. The predicted octanol–water partition coefficient (Wildman–Crippen LogP) is 4.90. The maximum atomic E-state index is 12.9. The molecule has 0 fully saturated rings. The van der Waals surface area contributed by atoms with E-state index in [2.05, 4.69) is 5.10 Å². The number of benzene rings is 3. The first-order valence-corrected chi connectivity index (χ1v) is 8.82. The molecule has 0 saturated carbocycles. The number of non-ortho nitro benzene ring substituents is 1. The van der Waals surface area contributed by atoms with Gasteiger partial charge in [-0.05, 0) is 36.8 Å². The normalized spacial score (nSPS) is 11.2. The second kappa shape index (κ2) is 6.77. The van der Waals surface area contributed by atoms with Crippen molar-refractivity contribution < 1.29 is 14.5 Å². The van der Waals surface area contributed by atoms with Crippen LogP contribution in [0.4, 0.5) is 5.69 Å². The number of ether oxygens (including phenoxy) is 1. The zero-order valence-electron chi connectivity index (χ0n) is 15.3. The van der Waals surface area contributed by atoms with Crippen molar-refractivity contribution in [3.05, 3.63) is 76.3 Å². The Bertz CT molecular complexity index is 1220. The minimum atomic E-state index is -0.557. The van der Waals surface area contributed by atoms with Crippen LogP contribution in [0.15, 0.2) is 60.7 Å². The van der Waals surface area contributed by atoms with Crippen molar-refractivity contribution in [1.82, 2.24) is 9.78 Å². The largest absolute Gasteiger partial charge is 0.402 e. The molecule has 0 bridgehead atoms. The van der Waals surface area contributed by atoms with Crippen LogP contribution in [0, 0.1) is 10.1 Å². The lowest BCUT2D eigenvalue weighted by atomic mass is 10.1. The molecule has 7 nitrogen and oxygen atoms in total. The van der Waals surface area contributed by atoms with Gasteiger partial charge < -0.3 is 4.74 Å². The van der Waals surface area contributed by atoms with Gasteiger partial charge in [-0.2, -0.15) is 0 Å². The molecule has 0 atom stereocenters. The van der Waals surface area contributed by atoms with Gasteiger partial charge in [0.05, 0.1) is 21.4 Å². The molecule has 0 spiro atoms. The van der Waals surface area contributed by atoms with Crippen molar-refractivity contribution in [2.75, 3.05) is 0 Å². The molecule has 0 aliphatic heterocycles. The zero-order chi connectivity index (χ0) is 19.8. The monoisotopic (exact) mass is 375 g/mol. The fraction of sp³-hybridized carbons (Fsp3) is 0.143. The van der Waals surface area contributed by atoms with Gasteiger partial charge in [0.1, 0.15) is 0 Å². The maximum absolute atomic E-state index is 12.9. The highest BCUT2D eigenvalue weighted by atomic mass is 16.6. The van der Waals surface area contributed by atoms with E-state index in [1.165, 1.54) is 12.1 Å². The molecule has 4 rings (SSSR count). The van der Waals surface area contributed by atoms with Gasteiger partial charge in [0.15, 0.2) is 0 Å². The lowest BCUT2D eigenvalue weighted by Crippen LogP contribution is -2.10. The third-order valence-electron chi connectivity index (χ3n) is 4.55. The Balaban J connectivity index is 1.81. The van der Waals surface area contributed by atoms with Gasteiger partial charge in [-0.25, -0.2) is 4.79 Å². The van der Waals surface area contributed by atoms with Crippen LogP contribution in [0.3, 0.4) is 0 Å². The number of carbonyl (C=O) groups is 1. The lowest BCUT2D eigenvalue weighted by Gasteiger charge is -2.06. The summed E-state index contributed by atoms with van der Waals surface area (Å²) in [4.78, 5) is 23.5. The Hall–Kier alpha value is -3.74. The van der Waals surface area contributed by atoms with E-state index >= 15 is 0 Å². The summed E-state index contributed by atoms with van der Waals surface area (Å²) in [5.74, 6) is -0.496. The molecule has 0 aliphatic rings. The van der Waals surface area contributed by atoms with E-state index in [-0.39, 0.29) is 17.6 Å². The molecular weight excluding hydrogens is 358 g/mol. The maximum Gasteiger partial charge on any atom is 0.345 e. The van der Waals surface area contributed by atoms with Crippen LogP contribution in [0.25, 0.3) is 21.7 Å². The first-order valence-electron chi connectivity index (χ1n) is 8.82. The van der Waals surface area contributed by atoms with Crippen molar-refractivity contribution in [2.45, 2.75) is 19.9 Å². The zero-order valence-corrected chi connectivity index (χ0v) is 15.3. The van der Waals surface area contributed by atoms with Gasteiger partial charge in [0, 0.05) is 18.2 Å². The van der Waals surface area contributed by atoms with Gasteiger partial charge in [0.25, 0.3) is 5.69 Å². The molecule has 7 heteroatoms. The second-order valence-electron chi connectivity index (χ2n) is 6.72. The Morgan fingerprint density at radius 3 is 2.57 bits per heavy atom. The molecule has 4 aromatic rings. The average molecular weight is 375 g/mol. The number of nitrogens with zero attached hydrogens (tertiary/aromatic N) is 3. The molecule has 0 amide bonds. The number of rotatable bonds is 4. The molecule has 0 radical (unpaired) electrons. The summed E-state index contributed by atoms with van der Waals surface area (Å²) >= 11 is 0. The van der Waals surface area contributed by atoms with Gasteiger partial charge in [0.2, 0.25) is 5.88 Å².